The number of aryl methyl sites for hydroxylation is 1. The van der Waals surface area contributed by atoms with Crippen LogP contribution in [0.15, 0.2) is 65.7 Å². The second-order valence-electron chi connectivity index (χ2n) is 10.5. The fourth-order valence-corrected chi connectivity index (χ4v) is 6.29. The van der Waals surface area contributed by atoms with E-state index in [1.807, 2.05) is 23.8 Å². The number of pyridine rings is 1. The summed E-state index contributed by atoms with van der Waals surface area (Å²) < 4.78 is 16.5. The number of alkyl halides is 1. The minimum absolute atomic E-state index is 0.106. The van der Waals surface area contributed by atoms with Gasteiger partial charge < -0.3 is 9.55 Å². The van der Waals surface area contributed by atoms with Gasteiger partial charge in [0.25, 0.3) is 5.56 Å². The Morgan fingerprint density at radius 3 is 2.88 bits per heavy atom. The van der Waals surface area contributed by atoms with E-state index in [9.17, 15) is 9.18 Å². The van der Waals surface area contributed by atoms with Crippen molar-refractivity contribution in [3.8, 4) is 28.1 Å². The number of halogens is 2. The lowest BCUT2D eigenvalue weighted by molar-refractivity contribution is 0.475. The van der Waals surface area contributed by atoms with Crippen molar-refractivity contribution in [1.82, 2.24) is 39.7 Å². The normalized spacial score (nSPS) is 19.2. The average Bonchev–Trinajstić information content (AvgIpc) is 3.35. The van der Waals surface area contributed by atoms with Crippen LogP contribution in [0.4, 0.5) is 4.39 Å². The van der Waals surface area contributed by atoms with Crippen LogP contribution in [0, 0.1) is 12.8 Å². The molecule has 0 spiro atoms. The summed E-state index contributed by atoms with van der Waals surface area (Å²) in [5.74, 6) is 1.36. The zero-order chi connectivity index (χ0) is 27.1. The Bertz CT molecular complexity index is 2020. The number of nitrogens with one attached hydrogen (secondary N) is 2. The van der Waals surface area contributed by atoms with Gasteiger partial charge in [-0.15, -0.1) is 5.10 Å². The number of H-pyrrole nitrogens is 2. The van der Waals surface area contributed by atoms with E-state index in [0.717, 1.165) is 56.9 Å². The maximum atomic E-state index is 13.7. The molecule has 5 heterocycles. The third kappa shape index (κ3) is 3.49. The van der Waals surface area contributed by atoms with Gasteiger partial charge in [-0.05, 0) is 55.2 Å². The topological polar surface area (TPSA) is 110 Å². The van der Waals surface area contributed by atoms with Gasteiger partial charge in [-0.2, -0.15) is 5.10 Å². The number of benzene rings is 2. The van der Waals surface area contributed by atoms with Crippen LogP contribution in [0.1, 0.15) is 41.3 Å². The predicted octanol–water partition coefficient (Wildman–Crippen LogP) is 5.50. The first-order valence-electron chi connectivity index (χ1n) is 13.0. The van der Waals surface area contributed by atoms with Gasteiger partial charge in [0.15, 0.2) is 0 Å². The van der Waals surface area contributed by atoms with Crippen molar-refractivity contribution in [3.05, 3.63) is 99.2 Å². The molecular formula is C29H22ClFN8O. The van der Waals surface area contributed by atoms with E-state index in [2.05, 4.69) is 43.7 Å². The molecule has 2 aromatic carbocycles. The van der Waals surface area contributed by atoms with Crippen LogP contribution in [0.5, 0.6) is 0 Å². The summed E-state index contributed by atoms with van der Waals surface area (Å²) in [5.41, 5.74) is 7.05. The second-order valence-corrected chi connectivity index (χ2v) is 11.0. The highest BCUT2D eigenvalue weighted by molar-refractivity contribution is 6.31. The Labute approximate surface area is 231 Å². The minimum atomic E-state index is -0.709. The number of hydrogen-bond acceptors (Lipinski definition) is 5. The molecule has 40 heavy (non-hydrogen) atoms. The standard InChI is InChI=1S/C29H22ClFN8O/c1-14-19-4-2-15(6-23(19)36-34-14)24-12-32-29(33-24)28-22-10-21(22)26-7-16(8-27(40)39(26)28)20-9-17(30)3-5-25(20)38-13-18(11-31)35-37-38/h2-9,12-13,21-22,28H,10-11H2,1H3,(H,32,33)(H,34,36). The Morgan fingerprint density at radius 2 is 2.02 bits per heavy atom. The van der Waals surface area contributed by atoms with E-state index in [0.29, 0.717) is 16.6 Å². The van der Waals surface area contributed by atoms with Crippen molar-refractivity contribution in [3.63, 3.8) is 0 Å². The van der Waals surface area contributed by atoms with Crippen molar-refractivity contribution in [2.75, 3.05) is 0 Å². The summed E-state index contributed by atoms with van der Waals surface area (Å²) >= 11 is 6.36. The molecule has 198 valence electrons. The Kier molecular flexibility index (Phi) is 4.94. The molecule has 11 heteroatoms. The summed E-state index contributed by atoms with van der Waals surface area (Å²) in [6.45, 7) is 1.29. The molecule has 9 nitrogen and oxygen atoms in total. The van der Waals surface area contributed by atoms with Crippen LogP contribution >= 0.6 is 11.6 Å². The number of fused-ring (bicyclic) bond motifs is 4. The van der Waals surface area contributed by atoms with E-state index < -0.39 is 6.67 Å². The molecule has 0 saturated heterocycles. The van der Waals surface area contributed by atoms with Crippen LogP contribution in [0.2, 0.25) is 5.02 Å². The molecular weight excluding hydrogens is 531 g/mol. The van der Waals surface area contributed by atoms with Gasteiger partial charge >= 0.3 is 0 Å². The van der Waals surface area contributed by atoms with E-state index in [1.165, 1.54) is 4.68 Å². The minimum Gasteiger partial charge on any atom is -0.340 e. The molecule has 1 fully saturated rings. The third-order valence-electron chi connectivity index (χ3n) is 8.13. The van der Waals surface area contributed by atoms with Crippen molar-refractivity contribution < 1.29 is 4.39 Å². The first-order chi connectivity index (χ1) is 19.5. The number of nitrogens with zero attached hydrogens (tertiary/aromatic N) is 6. The number of rotatable bonds is 5. The molecule has 1 aliphatic heterocycles. The van der Waals surface area contributed by atoms with Crippen LogP contribution < -0.4 is 5.56 Å². The molecule has 4 aromatic heterocycles. The summed E-state index contributed by atoms with van der Waals surface area (Å²) in [6.07, 6.45) is 4.36. The van der Waals surface area contributed by atoms with Gasteiger partial charge in [-0.25, -0.2) is 14.1 Å². The van der Waals surface area contributed by atoms with Gasteiger partial charge in [0.2, 0.25) is 0 Å². The Morgan fingerprint density at radius 1 is 1.12 bits per heavy atom. The van der Waals surface area contributed by atoms with E-state index in [4.69, 9.17) is 16.6 Å². The lowest BCUT2D eigenvalue weighted by Crippen LogP contribution is -2.26. The number of aromatic nitrogens is 8. The predicted molar refractivity (Wildman–Crippen MR) is 148 cm³/mol. The molecule has 0 bridgehead atoms. The second kappa shape index (κ2) is 8.46. The molecule has 0 amide bonds. The van der Waals surface area contributed by atoms with Crippen molar-refractivity contribution >= 4 is 22.5 Å². The van der Waals surface area contributed by atoms with Crippen LogP contribution in [-0.2, 0) is 6.67 Å². The highest BCUT2D eigenvalue weighted by atomic mass is 35.5. The van der Waals surface area contributed by atoms with Crippen molar-refractivity contribution in [1.29, 1.82) is 0 Å². The number of hydrogen-bond donors (Lipinski definition) is 2. The largest absolute Gasteiger partial charge is 0.340 e. The number of imidazole rings is 1. The smallest absolute Gasteiger partial charge is 0.252 e. The highest BCUT2D eigenvalue weighted by Gasteiger charge is 2.54. The molecule has 6 aromatic rings. The average molecular weight is 553 g/mol. The maximum Gasteiger partial charge on any atom is 0.252 e. The quantitative estimate of drug-likeness (QED) is 0.293. The molecule has 2 aliphatic rings. The monoisotopic (exact) mass is 552 g/mol. The van der Waals surface area contributed by atoms with Gasteiger partial charge in [0, 0.05) is 44.9 Å². The lowest BCUT2D eigenvalue weighted by Gasteiger charge is -2.18. The summed E-state index contributed by atoms with van der Waals surface area (Å²) in [7, 11) is 0. The summed E-state index contributed by atoms with van der Waals surface area (Å²) in [6, 6.07) is 15.0. The lowest BCUT2D eigenvalue weighted by atomic mass is 10.0. The Hall–Kier alpha value is -4.57. The first kappa shape index (κ1) is 23.3. The van der Waals surface area contributed by atoms with Crippen LogP contribution in [-0.4, -0.2) is 39.7 Å². The molecule has 8 rings (SSSR count). The SMILES string of the molecule is Cc1[nH]nc2cc(-c3cnc(C4C5CC5c5cc(-c6cc(Cl)ccc6-n6cc(CF)nn6)cc(=O)n54)[nH]3)ccc12. The van der Waals surface area contributed by atoms with Crippen LogP contribution in [0.3, 0.4) is 0 Å². The van der Waals surface area contributed by atoms with Crippen molar-refractivity contribution in [2.24, 2.45) is 5.92 Å². The Balaban J connectivity index is 1.18. The molecule has 0 radical (unpaired) electrons. The summed E-state index contributed by atoms with van der Waals surface area (Å²) in [5, 5.41) is 17.0. The van der Waals surface area contributed by atoms with Gasteiger partial charge in [0.05, 0.1) is 35.3 Å². The molecule has 3 atom stereocenters. The van der Waals surface area contributed by atoms with Gasteiger partial charge in [0.1, 0.15) is 18.2 Å². The zero-order valence-electron chi connectivity index (χ0n) is 21.3. The highest BCUT2D eigenvalue weighted by Crippen LogP contribution is 2.60. The first-order valence-corrected chi connectivity index (χ1v) is 13.4. The number of aromatic amines is 2. The van der Waals surface area contributed by atoms with Crippen molar-refractivity contribution in [2.45, 2.75) is 32.0 Å². The molecule has 3 unspecified atom stereocenters. The van der Waals surface area contributed by atoms with Gasteiger partial charge in [-0.3, -0.25) is 9.89 Å². The van der Waals surface area contributed by atoms with E-state index in [-0.39, 0.29) is 23.2 Å². The molecule has 2 N–H and O–H groups in total. The third-order valence-corrected chi connectivity index (χ3v) is 8.36. The fourth-order valence-electron chi connectivity index (χ4n) is 6.12. The molecule has 1 aliphatic carbocycles. The van der Waals surface area contributed by atoms with E-state index >= 15 is 0 Å². The summed E-state index contributed by atoms with van der Waals surface area (Å²) in [4.78, 5) is 21.9. The zero-order valence-corrected chi connectivity index (χ0v) is 22.0. The fraction of sp³-hybridized carbons (Fsp3) is 0.207. The van der Waals surface area contributed by atoms with Gasteiger partial charge in [-0.1, -0.05) is 28.9 Å². The van der Waals surface area contributed by atoms with Crippen LogP contribution in [0.25, 0.3) is 39.0 Å². The maximum absolute atomic E-state index is 13.7. The molecule has 1 saturated carbocycles. The van der Waals surface area contributed by atoms with E-state index in [1.54, 1.807) is 30.5 Å².